The van der Waals surface area contributed by atoms with Crippen LogP contribution in [0.1, 0.15) is 25.0 Å². The van der Waals surface area contributed by atoms with E-state index in [-0.39, 0.29) is 0 Å². The van der Waals surface area contributed by atoms with Crippen LogP contribution in [0.5, 0.6) is 0 Å². The molecule has 51 heavy (non-hydrogen) atoms. The molecule has 0 aliphatic carbocycles. The Balaban J connectivity index is 1.16. The highest BCUT2D eigenvalue weighted by Gasteiger charge is 2.19. The van der Waals surface area contributed by atoms with Gasteiger partial charge in [0.25, 0.3) is 0 Å². The van der Waals surface area contributed by atoms with Crippen LogP contribution in [0, 0.1) is 18.3 Å². The normalized spacial score (nSPS) is 11.6. The summed E-state index contributed by atoms with van der Waals surface area (Å²) in [6.45, 7) is 6.96. The van der Waals surface area contributed by atoms with E-state index in [0.717, 1.165) is 55.2 Å². The molecule has 0 aliphatic heterocycles. The van der Waals surface area contributed by atoms with Gasteiger partial charge in [-0.1, -0.05) is 84.9 Å². The predicted molar refractivity (Wildman–Crippen MR) is 215 cm³/mol. The number of aromatic nitrogens is 2. The van der Waals surface area contributed by atoms with E-state index in [2.05, 4.69) is 121 Å². The van der Waals surface area contributed by atoms with Gasteiger partial charge >= 0.3 is 0 Å². The smallest absolute Gasteiger partial charge is 0.216 e. The lowest BCUT2D eigenvalue weighted by Crippen LogP contribution is -2.09. The SMILES string of the molecule is CCOP(OCC)/C(C#N)=C\c1ccc(-c2ccc(-c3cc(C)c(-c4ccc(N(c5ccccc5)c5ccccc5)cc4)s3)c3nsnc23)cc1. The zero-order valence-electron chi connectivity index (χ0n) is 28.5. The Morgan fingerprint density at radius 1 is 0.725 bits per heavy atom. The van der Waals surface area contributed by atoms with Gasteiger partial charge in [0.2, 0.25) is 8.38 Å². The monoisotopic (exact) mass is 722 g/mol. The van der Waals surface area contributed by atoms with Crippen LogP contribution < -0.4 is 4.90 Å². The Labute approximate surface area is 308 Å². The maximum absolute atomic E-state index is 9.77. The number of nitrogens with zero attached hydrogens (tertiary/aromatic N) is 4. The molecule has 0 fully saturated rings. The minimum absolute atomic E-state index is 0.486. The van der Waals surface area contributed by atoms with E-state index in [9.17, 15) is 5.26 Å². The zero-order chi connectivity index (χ0) is 35.2. The highest BCUT2D eigenvalue weighted by Crippen LogP contribution is 2.48. The van der Waals surface area contributed by atoms with E-state index in [1.165, 1.54) is 27.7 Å². The van der Waals surface area contributed by atoms with Gasteiger partial charge in [-0.3, -0.25) is 0 Å². The summed E-state index contributed by atoms with van der Waals surface area (Å²) in [6.07, 6.45) is 1.84. The molecular weight excluding hydrogens is 688 g/mol. The summed E-state index contributed by atoms with van der Waals surface area (Å²) in [7, 11) is -1.40. The van der Waals surface area contributed by atoms with Crippen molar-refractivity contribution >= 4 is 65.6 Å². The first-order valence-corrected chi connectivity index (χ1v) is 19.4. The van der Waals surface area contributed by atoms with Crippen molar-refractivity contribution in [3.63, 3.8) is 0 Å². The van der Waals surface area contributed by atoms with Crippen molar-refractivity contribution in [1.29, 1.82) is 5.26 Å². The third-order valence-electron chi connectivity index (χ3n) is 8.34. The molecule has 2 heterocycles. The lowest BCUT2D eigenvalue weighted by Gasteiger charge is -2.25. The van der Waals surface area contributed by atoms with Gasteiger partial charge in [-0.25, -0.2) is 0 Å². The predicted octanol–water partition coefficient (Wildman–Crippen LogP) is 12.8. The number of thiophene rings is 1. The maximum atomic E-state index is 9.77. The van der Waals surface area contributed by atoms with Gasteiger partial charge in [0.15, 0.2) is 0 Å². The lowest BCUT2D eigenvalue weighted by atomic mass is 9.99. The summed E-state index contributed by atoms with van der Waals surface area (Å²) >= 11 is 3.02. The van der Waals surface area contributed by atoms with Crippen LogP contribution in [0.15, 0.2) is 133 Å². The van der Waals surface area contributed by atoms with Crippen LogP contribution >= 0.6 is 31.4 Å². The molecule has 6 nitrogen and oxygen atoms in total. The molecular formula is C42H35N4O2PS2. The lowest BCUT2D eigenvalue weighted by molar-refractivity contribution is 0.275. The van der Waals surface area contributed by atoms with E-state index in [1.54, 1.807) is 11.3 Å². The molecule has 7 aromatic rings. The van der Waals surface area contributed by atoms with Gasteiger partial charge in [0, 0.05) is 37.9 Å². The fourth-order valence-corrected chi connectivity index (χ4v) is 8.95. The summed E-state index contributed by atoms with van der Waals surface area (Å²) < 4.78 is 20.9. The van der Waals surface area contributed by atoms with Gasteiger partial charge in [-0.15, -0.1) is 11.3 Å². The Bertz CT molecular complexity index is 2270. The molecule has 0 bridgehead atoms. The van der Waals surface area contributed by atoms with E-state index in [0.29, 0.717) is 18.5 Å². The number of fused-ring (bicyclic) bond motifs is 1. The Morgan fingerprint density at radius 3 is 1.86 bits per heavy atom. The van der Waals surface area contributed by atoms with Crippen LogP contribution in [-0.4, -0.2) is 22.0 Å². The number of para-hydroxylation sites is 2. The molecule has 0 aliphatic rings. The number of hydrogen-bond donors (Lipinski definition) is 0. The molecule has 7 rings (SSSR count). The minimum Gasteiger partial charge on any atom is -0.330 e. The first-order chi connectivity index (χ1) is 25.1. The number of nitriles is 1. The fraction of sp³-hybridized carbons (Fsp3) is 0.119. The topological polar surface area (TPSA) is 71.3 Å². The highest BCUT2D eigenvalue weighted by atomic mass is 32.1. The molecule has 0 unspecified atom stereocenters. The zero-order valence-corrected chi connectivity index (χ0v) is 31.0. The summed E-state index contributed by atoms with van der Waals surface area (Å²) in [4.78, 5) is 4.68. The second-order valence-corrected chi connectivity index (χ2v) is 14.7. The van der Waals surface area contributed by atoms with Crippen LogP contribution in [0.3, 0.4) is 0 Å². The van der Waals surface area contributed by atoms with Crippen LogP contribution in [0.4, 0.5) is 17.1 Å². The molecule has 0 saturated heterocycles. The van der Waals surface area contributed by atoms with Crippen LogP contribution in [-0.2, 0) is 9.05 Å². The first-order valence-electron chi connectivity index (χ1n) is 16.7. The molecule has 0 saturated carbocycles. The number of anilines is 3. The van der Waals surface area contributed by atoms with E-state index >= 15 is 0 Å². The van der Waals surface area contributed by atoms with E-state index in [4.69, 9.17) is 17.8 Å². The molecule has 9 heteroatoms. The molecule has 0 spiro atoms. The number of benzene rings is 5. The van der Waals surface area contributed by atoms with Crippen molar-refractivity contribution in [2.45, 2.75) is 20.8 Å². The van der Waals surface area contributed by atoms with E-state index in [1.807, 2.05) is 44.2 Å². The Morgan fingerprint density at radius 2 is 1.27 bits per heavy atom. The van der Waals surface area contributed by atoms with Gasteiger partial charge in [-0.2, -0.15) is 14.0 Å². The van der Waals surface area contributed by atoms with Crippen LogP contribution in [0.25, 0.3) is 49.1 Å². The second-order valence-electron chi connectivity index (χ2n) is 11.7. The van der Waals surface area contributed by atoms with Crippen molar-refractivity contribution in [3.8, 4) is 38.1 Å². The molecule has 252 valence electrons. The van der Waals surface area contributed by atoms with Crippen molar-refractivity contribution in [2.75, 3.05) is 18.1 Å². The second kappa shape index (κ2) is 15.9. The van der Waals surface area contributed by atoms with Crippen molar-refractivity contribution in [1.82, 2.24) is 8.75 Å². The van der Waals surface area contributed by atoms with Crippen molar-refractivity contribution in [2.24, 2.45) is 0 Å². The van der Waals surface area contributed by atoms with Crippen molar-refractivity contribution in [3.05, 3.63) is 144 Å². The number of hydrogen-bond acceptors (Lipinski definition) is 8. The minimum atomic E-state index is -1.40. The van der Waals surface area contributed by atoms with Gasteiger partial charge in [-0.05, 0) is 91.6 Å². The summed E-state index contributed by atoms with van der Waals surface area (Å²) in [6, 6.07) is 46.7. The largest absolute Gasteiger partial charge is 0.330 e. The maximum Gasteiger partial charge on any atom is 0.216 e. The quantitative estimate of drug-likeness (QED) is 0.0923. The van der Waals surface area contributed by atoms with Gasteiger partial charge in [0.05, 0.1) is 24.9 Å². The Kier molecular flexibility index (Phi) is 10.7. The number of aryl methyl sites for hydroxylation is 1. The summed E-state index contributed by atoms with van der Waals surface area (Å²) in [5.41, 5.74) is 11.6. The average molecular weight is 723 g/mol. The van der Waals surface area contributed by atoms with Gasteiger partial charge < -0.3 is 13.9 Å². The standard InChI is InChI=1S/C42H35N4O2PS2/c1-4-47-49(48-5-2)36(28-43)27-30-16-18-31(19-17-30)37-24-25-38(41-40(37)44-51-45-41)39-26-29(3)42(50-39)32-20-22-35(23-21-32)46(33-12-8-6-9-13-33)34-14-10-7-11-15-34/h6-27H,4-5H2,1-3H3/b36-27-. The summed E-state index contributed by atoms with van der Waals surface area (Å²) in [5, 5.41) is 10.3. The molecule has 5 aromatic carbocycles. The van der Waals surface area contributed by atoms with Crippen LogP contribution in [0.2, 0.25) is 0 Å². The average Bonchev–Trinajstić information content (AvgIpc) is 3.82. The molecule has 0 atom stereocenters. The van der Waals surface area contributed by atoms with E-state index < -0.39 is 8.38 Å². The van der Waals surface area contributed by atoms with Gasteiger partial charge in [0.1, 0.15) is 22.4 Å². The van der Waals surface area contributed by atoms with Crippen molar-refractivity contribution < 1.29 is 9.05 Å². The molecule has 2 aromatic heterocycles. The summed E-state index contributed by atoms with van der Waals surface area (Å²) in [5.74, 6) is 0. The first kappa shape index (κ1) is 34.4. The molecule has 0 radical (unpaired) electrons. The molecule has 0 N–H and O–H groups in total. The number of rotatable bonds is 12. The molecule has 0 amide bonds. The highest BCUT2D eigenvalue weighted by molar-refractivity contribution is 7.52. The Hall–Kier alpha value is -5.00. The third kappa shape index (κ3) is 7.41. The third-order valence-corrected chi connectivity index (χ3v) is 11.8. The number of allylic oxidation sites excluding steroid dienone is 1. The fourth-order valence-electron chi connectivity index (χ4n) is 6.02.